The summed E-state index contributed by atoms with van der Waals surface area (Å²) in [5, 5.41) is 1.99. The molecule has 0 fully saturated rings. The van der Waals surface area contributed by atoms with Crippen molar-refractivity contribution < 1.29 is 4.79 Å². The van der Waals surface area contributed by atoms with Gasteiger partial charge in [-0.05, 0) is 46.7 Å². The maximum atomic E-state index is 12.5. The lowest BCUT2D eigenvalue weighted by Crippen LogP contribution is -2.25. The van der Waals surface area contributed by atoms with Crippen LogP contribution in [0.2, 0.25) is 0 Å². The molecule has 0 bridgehead atoms. The molecule has 1 aliphatic rings. The first-order valence-electron chi connectivity index (χ1n) is 6.42. The third-order valence-corrected chi connectivity index (χ3v) is 4.51. The lowest BCUT2D eigenvalue weighted by atomic mass is 10.1. The van der Waals surface area contributed by atoms with Crippen LogP contribution in [0.4, 0.5) is 5.69 Å². The number of carbonyl (C=O) groups is 1. The molecule has 4 heteroatoms. The standard InChI is InChI=1S/C15H16N2OS/c1-2-10-5-6-19-14(10)15(18)17-8-11-3-4-13(16)7-12(11)9-17/h3-7H,2,8-9,16H2,1H3. The van der Waals surface area contributed by atoms with Gasteiger partial charge in [0.1, 0.15) is 0 Å². The molecule has 0 saturated carbocycles. The Balaban J connectivity index is 1.85. The van der Waals surface area contributed by atoms with Gasteiger partial charge < -0.3 is 10.6 Å². The number of thiophene rings is 1. The molecule has 0 aliphatic carbocycles. The monoisotopic (exact) mass is 272 g/mol. The van der Waals surface area contributed by atoms with E-state index in [4.69, 9.17) is 5.73 Å². The second-order valence-electron chi connectivity index (χ2n) is 4.82. The molecular formula is C15H16N2OS. The quantitative estimate of drug-likeness (QED) is 0.854. The molecule has 1 amide bonds. The zero-order valence-corrected chi connectivity index (χ0v) is 11.7. The van der Waals surface area contributed by atoms with Gasteiger partial charge in [0.25, 0.3) is 5.91 Å². The van der Waals surface area contributed by atoms with Gasteiger partial charge in [-0.15, -0.1) is 11.3 Å². The van der Waals surface area contributed by atoms with Crippen molar-refractivity contribution in [3.8, 4) is 0 Å². The predicted molar refractivity (Wildman–Crippen MR) is 78.1 cm³/mol. The Bertz CT molecular complexity index is 633. The van der Waals surface area contributed by atoms with E-state index in [1.807, 2.05) is 34.5 Å². The fraction of sp³-hybridized carbons (Fsp3) is 0.267. The van der Waals surface area contributed by atoms with Crippen LogP contribution in [0, 0.1) is 0 Å². The maximum Gasteiger partial charge on any atom is 0.264 e. The van der Waals surface area contributed by atoms with Crippen molar-refractivity contribution >= 4 is 22.9 Å². The molecule has 98 valence electrons. The summed E-state index contributed by atoms with van der Waals surface area (Å²) in [5.41, 5.74) is 10.1. The lowest BCUT2D eigenvalue weighted by molar-refractivity contribution is 0.0755. The molecule has 3 rings (SSSR count). The smallest absolute Gasteiger partial charge is 0.264 e. The van der Waals surface area contributed by atoms with Crippen molar-refractivity contribution in [2.45, 2.75) is 26.4 Å². The Morgan fingerprint density at radius 2 is 2.11 bits per heavy atom. The van der Waals surface area contributed by atoms with E-state index in [2.05, 4.69) is 6.92 Å². The number of nitrogens with two attached hydrogens (primary N) is 1. The summed E-state index contributed by atoms with van der Waals surface area (Å²) >= 11 is 1.54. The summed E-state index contributed by atoms with van der Waals surface area (Å²) in [4.78, 5) is 15.3. The fourth-order valence-corrected chi connectivity index (χ4v) is 3.47. The van der Waals surface area contributed by atoms with E-state index in [9.17, 15) is 4.79 Å². The average molecular weight is 272 g/mol. The van der Waals surface area contributed by atoms with E-state index >= 15 is 0 Å². The van der Waals surface area contributed by atoms with Gasteiger partial charge in [0.2, 0.25) is 0 Å². The SMILES string of the molecule is CCc1ccsc1C(=O)N1Cc2ccc(N)cc2C1. The lowest BCUT2D eigenvalue weighted by Gasteiger charge is -2.15. The molecule has 1 aliphatic heterocycles. The van der Waals surface area contributed by atoms with Crippen LogP contribution < -0.4 is 5.73 Å². The largest absolute Gasteiger partial charge is 0.399 e. The number of nitrogen functional groups attached to an aromatic ring is 1. The van der Waals surface area contributed by atoms with Gasteiger partial charge in [0, 0.05) is 18.8 Å². The Morgan fingerprint density at radius 1 is 1.32 bits per heavy atom. The van der Waals surface area contributed by atoms with E-state index < -0.39 is 0 Å². The Hall–Kier alpha value is -1.81. The van der Waals surface area contributed by atoms with Gasteiger partial charge in [-0.3, -0.25) is 4.79 Å². The molecule has 19 heavy (non-hydrogen) atoms. The van der Waals surface area contributed by atoms with Crippen LogP contribution in [-0.4, -0.2) is 10.8 Å². The highest BCUT2D eigenvalue weighted by Crippen LogP contribution is 2.28. The van der Waals surface area contributed by atoms with Crippen LogP contribution in [0.25, 0.3) is 0 Å². The van der Waals surface area contributed by atoms with Gasteiger partial charge in [0.15, 0.2) is 0 Å². The van der Waals surface area contributed by atoms with Crippen molar-refractivity contribution in [3.63, 3.8) is 0 Å². The Morgan fingerprint density at radius 3 is 2.89 bits per heavy atom. The highest BCUT2D eigenvalue weighted by atomic mass is 32.1. The summed E-state index contributed by atoms with van der Waals surface area (Å²) in [5.74, 6) is 0.140. The number of hydrogen-bond acceptors (Lipinski definition) is 3. The van der Waals surface area contributed by atoms with E-state index in [0.717, 1.165) is 22.5 Å². The number of benzene rings is 1. The number of anilines is 1. The van der Waals surface area contributed by atoms with Crippen molar-refractivity contribution in [2.75, 3.05) is 5.73 Å². The molecule has 2 N–H and O–H groups in total. The highest BCUT2D eigenvalue weighted by Gasteiger charge is 2.26. The van der Waals surface area contributed by atoms with E-state index in [0.29, 0.717) is 13.1 Å². The average Bonchev–Trinajstić information content (AvgIpc) is 3.03. The highest BCUT2D eigenvalue weighted by molar-refractivity contribution is 7.12. The summed E-state index contributed by atoms with van der Waals surface area (Å²) < 4.78 is 0. The molecule has 2 aromatic rings. The fourth-order valence-electron chi connectivity index (χ4n) is 2.50. The number of carbonyl (C=O) groups excluding carboxylic acids is 1. The summed E-state index contributed by atoms with van der Waals surface area (Å²) in [6.45, 7) is 3.44. The third kappa shape index (κ3) is 2.12. The van der Waals surface area contributed by atoms with Gasteiger partial charge in [-0.2, -0.15) is 0 Å². The number of hydrogen-bond donors (Lipinski definition) is 1. The molecule has 0 spiro atoms. The molecule has 2 heterocycles. The van der Waals surface area contributed by atoms with E-state index in [1.54, 1.807) is 0 Å². The van der Waals surface area contributed by atoms with Gasteiger partial charge >= 0.3 is 0 Å². The number of nitrogens with zero attached hydrogens (tertiary/aromatic N) is 1. The van der Waals surface area contributed by atoms with Crippen LogP contribution >= 0.6 is 11.3 Å². The first kappa shape index (κ1) is 12.2. The predicted octanol–water partition coefficient (Wildman–Crippen LogP) is 3.05. The van der Waals surface area contributed by atoms with Crippen LogP contribution in [0.1, 0.15) is 33.3 Å². The second kappa shape index (κ2) is 4.70. The van der Waals surface area contributed by atoms with Gasteiger partial charge in [-0.25, -0.2) is 0 Å². The van der Waals surface area contributed by atoms with Crippen molar-refractivity contribution in [1.82, 2.24) is 4.90 Å². The number of fused-ring (bicyclic) bond motifs is 1. The second-order valence-corrected chi connectivity index (χ2v) is 5.73. The Kier molecular flexibility index (Phi) is 3.03. The van der Waals surface area contributed by atoms with Crippen LogP contribution in [0.15, 0.2) is 29.6 Å². The zero-order valence-electron chi connectivity index (χ0n) is 10.8. The first-order chi connectivity index (χ1) is 9.19. The normalized spacial score (nSPS) is 13.6. The van der Waals surface area contributed by atoms with E-state index in [1.165, 1.54) is 22.5 Å². The zero-order chi connectivity index (χ0) is 13.4. The van der Waals surface area contributed by atoms with E-state index in [-0.39, 0.29) is 5.91 Å². The molecule has 0 saturated heterocycles. The first-order valence-corrected chi connectivity index (χ1v) is 7.30. The summed E-state index contributed by atoms with van der Waals surface area (Å²) in [7, 11) is 0. The Labute approximate surface area is 116 Å². The number of amides is 1. The van der Waals surface area contributed by atoms with Crippen LogP contribution in [0.5, 0.6) is 0 Å². The van der Waals surface area contributed by atoms with Crippen LogP contribution in [-0.2, 0) is 19.5 Å². The van der Waals surface area contributed by atoms with Crippen molar-refractivity contribution in [3.05, 3.63) is 51.2 Å². The summed E-state index contributed by atoms with van der Waals surface area (Å²) in [6.07, 6.45) is 0.901. The minimum Gasteiger partial charge on any atom is -0.399 e. The maximum absolute atomic E-state index is 12.5. The molecule has 1 aromatic heterocycles. The molecule has 0 unspecified atom stereocenters. The van der Waals surface area contributed by atoms with Gasteiger partial charge in [0.05, 0.1) is 4.88 Å². The molecule has 1 aromatic carbocycles. The molecule has 0 atom stereocenters. The van der Waals surface area contributed by atoms with Gasteiger partial charge in [-0.1, -0.05) is 13.0 Å². The minimum atomic E-state index is 0.140. The third-order valence-electron chi connectivity index (χ3n) is 3.56. The number of aryl methyl sites for hydroxylation is 1. The number of rotatable bonds is 2. The minimum absolute atomic E-state index is 0.140. The topological polar surface area (TPSA) is 46.3 Å². The van der Waals surface area contributed by atoms with Crippen molar-refractivity contribution in [1.29, 1.82) is 0 Å². The molecule has 0 radical (unpaired) electrons. The molecular weight excluding hydrogens is 256 g/mol. The van der Waals surface area contributed by atoms with Crippen LogP contribution in [0.3, 0.4) is 0 Å². The summed E-state index contributed by atoms with van der Waals surface area (Å²) in [6, 6.07) is 7.93. The van der Waals surface area contributed by atoms with Crippen molar-refractivity contribution in [2.24, 2.45) is 0 Å². The molecule has 3 nitrogen and oxygen atoms in total.